The van der Waals surface area contributed by atoms with Gasteiger partial charge in [0.15, 0.2) is 0 Å². The Hall–Kier alpha value is -3.55. The molecule has 0 radical (unpaired) electrons. The molecule has 1 saturated heterocycles. The maximum absolute atomic E-state index is 13.5. The third-order valence-corrected chi connectivity index (χ3v) is 6.55. The zero-order valence-corrected chi connectivity index (χ0v) is 19.0. The van der Waals surface area contributed by atoms with Crippen LogP contribution in [0.2, 0.25) is 0 Å². The number of hydrogen-bond donors (Lipinski definition) is 0. The Morgan fingerprint density at radius 1 is 1.00 bits per heavy atom. The van der Waals surface area contributed by atoms with E-state index >= 15 is 0 Å². The first kappa shape index (κ1) is 23.6. The van der Waals surface area contributed by atoms with E-state index in [9.17, 15) is 23.6 Å². The molecule has 3 amide bonds. The topological polar surface area (TPSA) is 84.0 Å². The highest BCUT2D eigenvalue weighted by molar-refractivity contribution is 6.23. The lowest BCUT2D eigenvalue weighted by Gasteiger charge is -2.32. The minimum atomic E-state index is -0.938. The van der Waals surface area contributed by atoms with Crippen LogP contribution in [0.15, 0.2) is 48.5 Å². The molecule has 7 nitrogen and oxygen atoms in total. The molecule has 0 spiro atoms. The van der Waals surface area contributed by atoms with Crippen molar-refractivity contribution in [3.05, 3.63) is 65.5 Å². The van der Waals surface area contributed by atoms with Crippen LogP contribution < -0.4 is 4.90 Å². The molecule has 8 heteroatoms. The van der Waals surface area contributed by atoms with E-state index in [-0.39, 0.29) is 30.6 Å². The molecule has 4 rings (SSSR count). The molecule has 1 unspecified atom stereocenters. The largest absolute Gasteiger partial charge is 0.465 e. The zero-order valence-electron chi connectivity index (χ0n) is 19.0. The van der Waals surface area contributed by atoms with Gasteiger partial charge in [0.2, 0.25) is 11.8 Å². The van der Waals surface area contributed by atoms with Gasteiger partial charge in [-0.2, -0.15) is 0 Å². The normalized spacial score (nSPS) is 18.8. The van der Waals surface area contributed by atoms with E-state index in [1.165, 1.54) is 48.4 Å². The van der Waals surface area contributed by atoms with Crippen molar-refractivity contribution in [1.29, 1.82) is 0 Å². The summed E-state index contributed by atoms with van der Waals surface area (Å²) in [5, 5.41) is 0. The molecule has 2 fully saturated rings. The van der Waals surface area contributed by atoms with Crippen molar-refractivity contribution >= 4 is 29.4 Å². The average Bonchev–Trinajstić information content (AvgIpc) is 3.16. The summed E-state index contributed by atoms with van der Waals surface area (Å²) in [7, 11) is 1.27. The number of carbonyl (C=O) groups excluding carboxylic acids is 4. The maximum Gasteiger partial charge on any atom is 0.337 e. The van der Waals surface area contributed by atoms with Gasteiger partial charge in [0, 0.05) is 12.5 Å². The standard InChI is InChI=1S/C26H27FN2O5/c1-34-26(33)19-9-13-21(14-10-19)29-23(30)15-22(25(29)32)28(16-17-7-11-20(27)12-8-17)24(31)18-5-3-2-4-6-18/h7-14,18,22H,2-6,15-16H2,1H3. The van der Waals surface area contributed by atoms with Gasteiger partial charge in [-0.1, -0.05) is 31.4 Å². The number of hydrogen-bond acceptors (Lipinski definition) is 5. The Bertz CT molecular complexity index is 1080. The number of nitrogens with zero attached hydrogens (tertiary/aromatic N) is 2. The molecule has 1 saturated carbocycles. The molecule has 178 valence electrons. The Balaban J connectivity index is 1.60. The Labute approximate surface area is 197 Å². The Morgan fingerprint density at radius 2 is 1.65 bits per heavy atom. The first-order valence-electron chi connectivity index (χ1n) is 11.5. The fraction of sp³-hybridized carbons (Fsp3) is 0.385. The average molecular weight is 467 g/mol. The van der Waals surface area contributed by atoms with Crippen molar-refractivity contribution in [2.45, 2.75) is 51.1 Å². The molecule has 1 aliphatic heterocycles. The summed E-state index contributed by atoms with van der Waals surface area (Å²) in [4.78, 5) is 54.1. The number of benzene rings is 2. The smallest absolute Gasteiger partial charge is 0.337 e. The van der Waals surface area contributed by atoms with E-state index in [1.807, 2.05) is 0 Å². The summed E-state index contributed by atoms with van der Waals surface area (Å²) in [5.74, 6) is -2.14. The van der Waals surface area contributed by atoms with Gasteiger partial charge in [-0.3, -0.25) is 14.4 Å². The highest BCUT2D eigenvalue weighted by Gasteiger charge is 2.45. The third kappa shape index (κ3) is 4.85. The van der Waals surface area contributed by atoms with Crippen molar-refractivity contribution in [3.8, 4) is 0 Å². The summed E-state index contributed by atoms with van der Waals surface area (Å²) in [5.41, 5.74) is 1.32. The summed E-state index contributed by atoms with van der Waals surface area (Å²) in [6, 6.07) is 10.9. The van der Waals surface area contributed by atoms with Crippen LogP contribution in [-0.4, -0.2) is 41.7 Å². The number of esters is 1. The number of amides is 3. The van der Waals surface area contributed by atoms with Gasteiger partial charge in [0.25, 0.3) is 5.91 Å². The molecule has 1 aliphatic carbocycles. The fourth-order valence-corrected chi connectivity index (χ4v) is 4.71. The second-order valence-electron chi connectivity index (χ2n) is 8.75. The van der Waals surface area contributed by atoms with Gasteiger partial charge in [-0.25, -0.2) is 14.1 Å². The minimum Gasteiger partial charge on any atom is -0.465 e. The molecule has 1 heterocycles. The number of ether oxygens (including phenoxy) is 1. The number of methoxy groups -OCH3 is 1. The molecule has 0 aromatic heterocycles. The molecular formula is C26H27FN2O5. The van der Waals surface area contributed by atoms with Crippen molar-refractivity contribution < 1.29 is 28.3 Å². The Morgan fingerprint density at radius 3 is 2.26 bits per heavy atom. The molecule has 2 aromatic rings. The SMILES string of the molecule is COC(=O)c1ccc(N2C(=O)CC(N(Cc3ccc(F)cc3)C(=O)C3CCCCC3)C2=O)cc1. The quantitative estimate of drug-likeness (QED) is 0.477. The van der Waals surface area contributed by atoms with E-state index in [0.29, 0.717) is 16.8 Å². The van der Waals surface area contributed by atoms with Crippen molar-refractivity contribution in [2.75, 3.05) is 12.0 Å². The number of carbonyl (C=O) groups is 4. The number of anilines is 1. The lowest BCUT2D eigenvalue weighted by molar-refractivity contribution is -0.143. The van der Waals surface area contributed by atoms with E-state index in [1.54, 1.807) is 12.1 Å². The van der Waals surface area contributed by atoms with Gasteiger partial charge in [-0.05, 0) is 54.8 Å². The van der Waals surface area contributed by atoms with Gasteiger partial charge in [0.1, 0.15) is 11.9 Å². The summed E-state index contributed by atoms with van der Waals surface area (Å²) in [6.07, 6.45) is 4.38. The van der Waals surface area contributed by atoms with Crippen LogP contribution in [0.25, 0.3) is 0 Å². The molecule has 2 aliphatic rings. The van der Waals surface area contributed by atoms with Crippen LogP contribution in [0.3, 0.4) is 0 Å². The van der Waals surface area contributed by atoms with E-state index in [2.05, 4.69) is 4.74 Å². The van der Waals surface area contributed by atoms with Crippen molar-refractivity contribution in [3.63, 3.8) is 0 Å². The molecule has 34 heavy (non-hydrogen) atoms. The van der Waals surface area contributed by atoms with Crippen molar-refractivity contribution in [2.24, 2.45) is 5.92 Å². The van der Waals surface area contributed by atoms with Crippen LogP contribution in [0.4, 0.5) is 10.1 Å². The lowest BCUT2D eigenvalue weighted by atomic mass is 9.87. The van der Waals surface area contributed by atoms with Gasteiger partial charge < -0.3 is 9.64 Å². The van der Waals surface area contributed by atoms with Gasteiger partial charge >= 0.3 is 5.97 Å². The highest BCUT2D eigenvalue weighted by atomic mass is 19.1. The molecule has 0 bridgehead atoms. The summed E-state index contributed by atoms with van der Waals surface area (Å²) >= 11 is 0. The van der Waals surface area contributed by atoms with Gasteiger partial charge in [-0.15, -0.1) is 0 Å². The summed E-state index contributed by atoms with van der Waals surface area (Å²) < 4.78 is 18.1. The highest BCUT2D eigenvalue weighted by Crippen LogP contribution is 2.31. The zero-order chi connectivity index (χ0) is 24.2. The van der Waals surface area contributed by atoms with Crippen LogP contribution in [0.1, 0.15) is 54.4 Å². The first-order valence-corrected chi connectivity index (χ1v) is 11.5. The third-order valence-electron chi connectivity index (χ3n) is 6.55. The molecule has 1 atom stereocenters. The van der Waals surface area contributed by atoms with Crippen LogP contribution >= 0.6 is 0 Å². The number of imide groups is 1. The molecule has 2 aromatic carbocycles. The van der Waals surface area contributed by atoms with Crippen molar-refractivity contribution in [1.82, 2.24) is 4.90 Å². The maximum atomic E-state index is 13.5. The monoisotopic (exact) mass is 466 g/mol. The molecular weight excluding hydrogens is 439 g/mol. The fourth-order valence-electron chi connectivity index (χ4n) is 4.71. The molecule has 0 N–H and O–H groups in total. The lowest BCUT2D eigenvalue weighted by Crippen LogP contribution is -2.47. The van der Waals surface area contributed by atoms with Crippen LogP contribution in [0.5, 0.6) is 0 Å². The van der Waals surface area contributed by atoms with E-state index in [0.717, 1.165) is 37.0 Å². The summed E-state index contributed by atoms with van der Waals surface area (Å²) in [6.45, 7) is 0.119. The number of rotatable bonds is 6. The van der Waals surface area contributed by atoms with Crippen LogP contribution in [0, 0.1) is 11.7 Å². The Kier molecular flexibility index (Phi) is 7.05. The van der Waals surface area contributed by atoms with E-state index < -0.39 is 23.8 Å². The second kappa shape index (κ2) is 10.2. The first-order chi connectivity index (χ1) is 16.4. The predicted molar refractivity (Wildman–Crippen MR) is 122 cm³/mol. The van der Waals surface area contributed by atoms with E-state index in [4.69, 9.17) is 0 Å². The minimum absolute atomic E-state index is 0.119. The predicted octanol–water partition coefficient (Wildman–Crippen LogP) is 3.85. The second-order valence-corrected chi connectivity index (χ2v) is 8.75. The van der Waals surface area contributed by atoms with Crippen LogP contribution in [-0.2, 0) is 25.7 Å². The number of halogens is 1. The van der Waals surface area contributed by atoms with Gasteiger partial charge in [0.05, 0.1) is 24.8 Å².